The molecule has 0 bridgehead atoms. The molecule has 0 saturated carbocycles. The highest BCUT2D eigenvalue weighted by atomic mass is 16.3. The van der Waals surface area contributed by atoms with Gasteiger partial charge in [0.15, 0.2) is 0 Å². The highest BCUT2D eigenvalue weighted by Gasteiger charge is 2.28. The average Bonchev–Trinajstić information content (AvgIpc) is 2.63. The number of aliphatic hydroxyl groups excluding tert-OH is 1. The summed E-state index contributed by atoms with van der Waals surface area (Å²) in [6.45, 7) is 4.75. The van der Waals surface area contributed by atoms with E-state index in [0.717, 1.165) is 0 Å². The van der Waals surface area contributed by atoms with E-state index in [-0.39, 0.29) is 32.0 Å². The summed E-state index contributed by atoms with van der Waals surface area (Å²) in [7, 11) is 0. The Labute approximate surface area is 169 Å². The Kier molecular flexibility index (Phi) is 12.2. The number of carbonyl (C=O) groups is 5. The lowest BCUT2D eigenvalue weighted by molar-refractivity contribution is -0.133. The fourth-order valence-corrected chi connectivity index (χ4v) is 2.16. The van der Waals surface area contributed by atoms with Crippen LogP contribution in [0.1, 0.15) is 33.6 Å². The van der Waals surface area contributed by atoms with Gasteiger partial charge in [0.2, 0.25) is 29.5 Å². The molecule has 0 aromatic rings. The zero-order valence-electron chi connectivity index (χ0n) is 17.0. The average molecular weight is 416 g/mol. The van der Waals surface area contributed by atoms with Crippen molar-refractivity contribution >= 4 is 29.5 Å². The molecule has 0 aromatic carbocycles. The Morgan fingerprint density at radius 3 is 2.07 bits per heavy atom. The lowest BCUT2D eigenvalue weighted by Crippen LogP contribution is -2.57. The standard InChI is InChI=1S/C17H32N6O6/c1-9(2)14(17(29)21-8-13(26)20-5-4-6-24)23-15(27)10(3)22-16(28)11(18)7-12(19)25/h9-11,14,24H,4-8,18H2,1-3H3,(H2,19,25)(H,20,26)(H,21,29)(H,22,28)(H,23,27)/t10-,11-,14-/m0/s1. The maximum atomic E-state index is 12.3. The van der Waals surface area contributed by atoms with Crippen LogP contribution < -0.4 is 32.7 Å². The fourth-order valence-electron chi connectivity index (χ4n) is 2.16. The van der Waals surface area contributed by atoms with Crippen molar-refractivity contribution in [3.8, 4) is 0 Å². The van der Waals surface area contributed by atoms with Crippen molar-refractivity contribution in [1.82, 2.24) is 21.3 Å². The summed E-state index contributed by atoms with van der Waals surface area (Å²) in [6.07, 6.45) is 0.0363. The van der Waals surface area contributed by atoms with Crippen molar-refractivity contribution < 1.29 is 29.1 Å². The molecule has 0 rings (SSSR count). The minimum atomic E-state index is -1.18. The Morgan fingerprint density at radius 2 is 1.55 bits per heavy atom. The van der Waals surface area contributed by atoms with Crippen molar-refractivity contribution in [2.24, 2.45) is 17.4 Å². The Hall–Kier alpha value is -2.73. The summed E-state index contributed by atoms with van der Waals surface area (Å²) in [6, 6.07) is -3.14. The summed E-state index contributed by atoms with van der Waals surface area (Å²) in [5.41, 5.74) is 10.5. The van der Waals surface area contributed by atoms with Crippen LogP contribution in [-0.2, 0) is 24.0 Å². The molecule has 0 heterocycles. The second-order valence-electron chi connectivity index (χ2n) is 6.88. The first-order chi connectivity index (χ1) is 13.5. The van der Waals surface area contributed by atoms with Crippen LogP contribution in [0.2, 0.25) is 0 Å². The van der Waals surface area contributed by atoms with Gasteiger partial charge in [0.1, 0.15) is 12.1 Å². The third-order valence-corrected chi connectivity index (χ3v) is 3.84. The third-order valence-electron chi connectivity index (χ3n) is 3.84. The van der Waals surface area contributed by atoms with E-state index in [9.17, 15) is 24.0 Å². The van der Waals surface area contributed by atoms with Crippen LogP contribution >= 0.6 is 0 Å². The second-order valence-corrected chi connectivity index (χ2v) is 6.88. The molecule has 12 nitrogen and oxygen atoms in total. The van der Waals surface area contributed by atoms with E-state index in [2.05, 4.69) is 21.3 Å². The number of aliphatic hydroxyl groups is 1. The summed E-state index contributed by atoms with van der Waals surface area (Å²) in [5.74, 6) is -3.39. The van der Waals surface area contributed by atoms with Crippen LogP contribution in [0.4, 0.5) is 0 Å². The van der Waals surface area contributed by atoms with Gasteiger partial charge in [-0.25, -0.2) is 0 Å². The first-order valence-corrected chi connectivity index (χ1v) is 9.29. The SMILES string of the molecule is CC(C)[C@H](NC(=O)[C@H](C)NC(=O)[C@@H](N)CC(N)=O)C(=O)NCC(=O)NCCCO. The number of carbonyl (C=O) groups excluding carboxylic acids is 5. The lowest BCUT2D eigenvalue weighted by Gasteiger charge is -2.24. The van der Waals surface area contributed by atoms with E-state index in [1.54, 1.807) is 13.8 Å². The molecule has 9 N–H and O–H groups in total. The molecule has 0 aliphatic rings. The van der Waals surface area contributed by atoms with Gasteiger partial charge in [0.05, 0.1) is 19.0 Å². The molecule has 0 radical (unpaired) electrons. The van der Waals surface area contributed by atoms with Gasteiger partial charge < -0.3 is 37.8 Å². The quantitative estimate of drug-likeness (QED) is 0.150. The molecule has 166 valence electrons. The normalized spacial score (nSPS) is 13.7. The van der Waals surface area contributed by atoms with Crippen molar-refractivity contribution in [1.29, 1.82) is 0 Å². The van der Waals surface area contributed by atoms with E-state index in [4.69, 9.17) is 16.6 Å². The van der Waals surface area contributed by atoms with Gasteiger partial charge >= 0.3 is 0 Å². The molecule has 0 aromatic heterocycles. The number of hydrogen-bond acceptors (Lipinski definition) is 7. The zero-order valence-corrected chi connectivity index (χ0v) is 17.0. The molecule has 0 fully saturated rings. The van der Waals surface area contributed by atoms with E-state index in [0.29, 0.717) is 6.42 Å². The Balaban J connectivity index is 4.67. The van der Waals surface area contributed by atoms with Crippen LogP contribution in [0.3, 0.4) is 0 Å². The number of amides is 5. The van der Waals surface area contributed by atoms with Gasteiger partial charge in [-0.15, -0.1) is 0 Å². The van der Waals surface area contributed by atoms with Gasteiger partial charge in [-0.05, 0) is 19.3 Å². The van der Waals surface area contributed by atoms with Crippen molar-refractivity contribution in [2.75, 3.05) is 19.7 Å². The Bertz CT molecular complexity index is 597. The third kappa shape index (κ3) is 11.0. The summed E-state index contributed by atoms with van der Waals surface area (Å²) < 4.78 is 0. The molecule has 0 saturated heterocycles. The van der Waals surface area contributed by atoms with Crippen LogP contribution in [0.15, 0.2) is 0 Å². The van der Waals surface area contributed by atoms with Gasteiger partial charge in [-0.3, -0.25) is 24.0 Å². The lowest BCUT2D eigenvalue weighted by atomic mass is 10.0. The van der Waals surface area contributed by atoms with Crippen molar-refractivity contribution in [3.63, 3.8) is 0 Å². The molecule has 0 spiro atoms. The molecule has 5 amide bonds. The van der Waals surface area contributed by atoms with E-state index in [1.807, 2.05) is 0 Å². The van der Waals surface area contributed by atoms with E-state index in [1.165, 1.54) is 6.92 Å². The predicted molar refractivity (Wildman–Crippen MR) is 104 cm³/mol. The van der Waals surface area contributed by atoms with Crippen LogP contribution in [-0.4, -0.2) is 72.5 Å². The minimum absolute atomic E-state index is 0.0593. The number of primary amides is 1. The molecule has 0 unspecified atom stereocenters. The highest BCUT2D eigenvalue weighted by Crippen LogP contribution is 2.03. The van der Waals surface area contributed by atoms with Gasteiger partial charge in [-0.1, -0.05) is 13.8 Å². The second kappa shape index (κ2) is 13.4. The maximum Gasteiger partial charge on any atom is 0.243 e. The molecule has 0 aliphatic carbocycles. The van der Waals surface area contributed by atoms with Gasteiger partial charge in [-0.2, -0.15) is 0 Å². The largest absolute Gasteiger partial charge is 0.396 e. The first kappa shape index (κ1) is 26.3. The summed E-state index contributed by atoms with van der Waals surface area (Å²) in [4.78, 5) is 58.9. The van der Waals surface area contributed by atoms with E-state index >= 15 is 0 Å². The molecular weight excluding hydrogens is 384 g/mol. The molecule has 3 atom stereocenters. The first-order valence-electron chi connectivity index (χ1n) is 9.29. The van der Waals surface area contributed by atoms with Crippen molar-refractivity contribution in [3.05, 3.63) is 0 Å². The van der Waals surface area contributed by atoms with Crippen LogP contribution in [0.25, 0.3) is 0 Å². The zero-order chi connectivity index (χ0) is 22.6. The molecule has 0 aliphatic heterocycles. The summed E-state index contributed by atoms with van der Waals surface area (Å²) in [5, 5.41) is 18.5. The van der Waals surface area contributed by atoms with Crippen molar-refractivity contribution in [2.45, 2.75) is 51.7 Å². The summed E-state index contributed by atoms with van der Waals surface area (Å²) >= 11 is 0. The highest BCUT2D eigenvalue weighted by molar-refractivity contribution is 5.94. The van der Waals surface area contributed by atoms with Crippen LogP contribution in [0.5, 0.6) is 0 Å². The van der Waals surface area contributed by atoms with Gasteiger partial charge in [0.25, 0.3) is 0 Å². The molecule has 29 heavy (non-hydrogen) atoms. The van der Waals surface area contributed by atoms with Gasteiger partial charge in [0, 0.05) is 13.2 Å². The number of rotatable bonds is 13. The number of hydrogen-bond donors (Lipinski definition) is 7. The topological polar surface area (TPSA) is 206 Å². The smallest absolute Gasteiger partial charge is 0.243 e. The number of nitrogens with one attached hydrogen (secondary N) is 4. The fraction of sp³-hybridized carbons (Fsp3) is 0.706. The number of nitrogens with two attached hydrogens (primary N) is 2. The maximum absolute atomic E-state index is 12.3. The van der Waals surface area contributed by atoms with Crippen LogP contribution in [0, 0.1) is 5.92 Å². The molecule has 12 heteroatoms. The molecular formula is C17H32N6O6. The van der Waals surface area contributed by atoms with E-state index < -0.39 is 47.7 Å². The monoisotopic (exact) mass is 416 g/mol. The minimum Gasteiger partial charge on any atom is -0.396 e. The predicted octanol–water partition coefficient (Wildman–Crippen LogP) is -3.55. The Morgan fingerprint density at radius 1 is 0.931 bits per heavy atom.